The number of ether oxygens (including phenoxy) is 1. The second kappa shape index (κ2) is 8.89. The third kappa shape index (κ3) is 4.17. The van der Waals surface area contributed by atoms with Gasteiger partial charge in [-0.05, 0) is 43.7 Å². The highest BCUT2D eigenvalue weighted by Crippen LogP contribution is 2.25. The van der Waals surface area contributed by atoms with Gasteiger partial charge < -0.3 is 10.1 Å². The van der Waals surface area contributed by atoms with Crippen LogP contribution in [0.5, 0.6) is 0 Å². The van der Waals surface area contributed by atoms with Crippen LogP contribution >= 0.6 is 0 Å². The molecule has 0 bridgehead atoms. The van der Waals surface area contributed by atoms with E-state index in [1.807, 2.05) is 6.92 Å². The summed E-state index contributed by atoms with van der Waals surface area (Å²) in [7, 11) is 1.37. The molecule has 0 spiro atoms. The molecule has 0 radical (unpaired) electrons. The van der Waals surface area contributed by atoms with Gasteiger partial charge in [0.1, 0.15) is 0 Å². The van der Waals surface area contributed by atoms with E-state index in [4.69, 9.17) is 4.74 Å². The molecule has 4 rings (SSSR count). The maximum atomic E-state index is 12.4. The van der Waals surface area contributed by atoms with E-state index in [0.717, 1.165) is 15.4 Å². The van der Waals surface area contributed by atoms with Gasteiger partial charge in [-0.3, -0.25) is 38.6 Å². The Hall–Kier alpha value is -4.34. The Kier molecular flexibility index (Phi) is 5.97. The quantitative estimate of drug-likeness (QED) is 0.489. The maximum absolute atomic E-state index is 12.4. The molecule has 2 heterocycles. The molecule has 0 aromatic heterocycles. The summed E-state index contributed by atoms with van der Waals surface area (Å²) < 4.78 is 4.95. The highest BCUT2D eigenvalue weighted by atomic mass is 16.5. The maximum Gasteiger partial charge on any atom is 0.306 e. The predicted molar refractivity (Wildman–Crippen MR) is 118 cm³/mol. The minimum absolute atomic E-state index is 0.0585. The van der Waals surface area contributed by atoms with Crippen LogP contribution in [0.15, 0.2) is 36.4 Å². The molecule has 2 aromatic carbocycles. The van der Waals surface area contributed by atoms with Gasteiger partial charge in [0.05, 0.1) is 22.3 Å². The highest BCUT2D eigenvalue weighted by Gasteiger charge is 2.35. The number of hydrogen-bond acceptors (Lipinski definition) is 7. The van der Waals surface area contributed by atoms with Crippen molar-refractivity contribution in [3.05, 3.63) is 64.2 Å². The van der Waals surface area contributed by atoms with Crippen LogP contribution in [0.25, 0.3) is 0 Å². The van der Waals surface area contributed by atoms with Crippen LogP contribution in [0.4, 0.5) is 5.69 Å². The van der Waals surface area contributed by atoms with Crippen molar-refractivity contribution < 1.29 is 33.5 Å². The smallest absolute Gasteiger partial charge is 0.306 e. The summed E-state index contributed by atoms with van der Waals surface area (Å²) >= 11 is 0. The van der Waals surface area contributed by atoms with Gasteiger partial charge in [-0.25, -0.2) is 0 Å². The fraction of sp³-hybridized carbons (Fsp3) is 0.250. The van der Waals surface area contributed by atoms with Crippen molar-refractivity contribution in [3.8, 4) is 0 Å². The number of rotatable bonds is 7. The van der Waals surface area contributed by atoms with Crippen molar-refractivity contribution >= 4 is 41.2 Å². The van der Waals surface area contributed by atoms with E-state index in [2.05, 4.69) is 5.32 Å². The van der Waals surface area contributed by atoms with Crippen molar-refractivity contribution in [1.29, 1.82) is 0 Å². The Bertz CT molecular complexity index is 1270. The Morgan fingerprint density at radius 1 is 0.853 bits per heavy atom. The number of imide groups is 2. The molecule has 1 N–H and O–H groups in total. The molecule has 0 aliphatic carbocycles. The molecule has 0 atom stereocenters. The summed E-state index contributed by atoms with van der Waals surface area (Å²) in [5.74, 6) is -2.93. The van der Waals surface area contributed by atoms with E-state index in [-0.39, 0.29) is 36.2 Å². The molecule has 0 saturated carbocycles. The standard InChI is InChI=1S/C24H21N3O7/c1-13-5-7-16-17(10-13)24(33)27(23(16)32)9-3-4-20(29)34-12-19(28)25-14-6-8-15-18(11-14)22(31)26(2)21(15)30/h5-8,10-11H,3-4,9,12H2,1-2H3,(H,25,28). The van der Waals surface area contributed by atoms with Crippen molar-refractivity contribution in [2.75, 3.05) is 25.5 Å². The van der Waals surface area contributed by atoms with Gasteiger partial charge in [0.25, 0.3) is 29.5 Å². The van der Waals surface area contributed by atoms with Crippen LogP contribution in [0.2, 0.25) is 0 Å². The normalized spacial score (nSPS) is 14.4. The van der Waals surface area contributed by atoms with Crippen LogP contribution in [0.1, 0.15) is 59.8 Å². The molecular weight excluding hydrogens is 442 g/mol. The largest absolute Gasteiger partial charge is 0.456 e. The molecular formula is C24H21N3O7. The van der Waals surface area contributed by atoms with Crippen LogP contribution in [0, 0.1) is 6.92 Å². The number of carbonyl (C=O) groups excluding carboxylic acids is 6. The minimum atomic E-state index is -0.654. The average Bonchev–Trinajstić information content (AvgIpc) is 3.17. The molecule has 2 aliphatic rings. The lowest BCUT2D eigenvalue weighted by atomic mass is 10.1. The highest BCUT2D eigenvalue weighted by molar-refractivity contribution is 6.22. The van der Waals surface area contributed by atoms with Gasteiger partial charge in [0.15, 0.2) is 6.61 Å². The first-order valence-electron chi connectivity index (χ1n) is 10.6. The van der Waals surface area contributed by atoms with Crippen molar-refractivity contribution in [2.45, 2.75) is 19.8 Å². The van der Waals surface area contributed by atoms with E-state index in [0.29, 0.717) is 11.1 Å². The Morgan fingerprint density at radius 3 is 2.24 bits per heavy atom. The number of anilines is 1. The summed E-state index contributed by atoms with van der Waals surface area (Å²) in [5.41, 5.74) is 2.30. The number of hydrogen-bond donors (Lipinski definition) is 1. The SMILES string of the molecule is Cc1ccc2c(c1)C(=O)N(CCCC(=O)OCC(=O)Nc1ccc3c(c1)C(=O)N(C)C3=O)C2=O. The number of amides is 5. The van der Waals surface area contributed by atoms with E-state index in [1.165, 1.54) is 25.2 Å². The number of carbonyl (C=O) groups is 6. The molecule has 0 fully saturated rings. The molecule has 5 amide bonds. The van der Waals surface area contributed by atoms with Gasteiger partial charge in [0.2, 0.25) is 0 Å². The third-order valence-corrected chi connectivity index (χ3v) is 5.63. The minimum Gasteiger partial charge on any atom is -0.456 e. The Labute approximate surface area is 194 Å². The van der Waals surface area contributed by atoms with Crippen molar-refractivity contribution in [3.63, 3.8) is 0 Å². The molecule has 174 valence electrons. The first kappa shape index (κ1) is 22.8. The van der Waals surface area contributed by atoms with Gasteiger partial charge in [-0.15, -0.1) is 0 Å². The van der Waals surface area contributed by atoms with Gasteiger partial charge in [-0.2, -0.15) is 0 Å². The molecule has 2 aromatic rings. The van der Waals surface area contributed by atoms with Gasteiger partial charge >= 0.3 is 5.97 Å². The van der Waals surface area contributed by atoms with Crippen molar-refractivity contribution in [2.24, 2.45) is 0 Å². The van der Waals surface area contributed by atoms with Crippen LogP contribution < -0.4 is 5.32 Å². The monoisotopic (exact) mass is 463 g/mol. The molecule has 0 unspecified atom stereocenters. The summed E-state index contributed by atoms with van der Waals surface area (Å²) in [6, 6.07) is 9.35. The molecule has 34 heavy (non-hydrogen) atoms. The number of nitrogens with one attached hydrogen (secondary N) is 1. The third-order valence-electron chi connectivity index (χ3n) is 5.63. The fourth-order valence-electron chi connectivity index (χ4n) is 3.84. The van der Waals surface area contributed by atoms with Gasteiger partial charge in [-0.1, -0.05) is 11.6 Å². The summed E-state index contributed by atoms with van der Waals surface area (Å²) in [6.07, 6.45) is 0.112. The number of benzene rings is 2. The lowest BCUT2D eigenvalue weighted by molar-refractivity contribution is -0.147. The second-order valence-electron chi connectivity index (χ2n) is 8.05. The Morgan fingerprint density at radius 2 is 1.47 bits per heavy atom. The molecule has 10 heteroatoms. The Balaban J connectivity index is 1.23. The van der Waals surface area contributed by atoms with Crippen molar-refractivity contribution in [1.82, 2.24) is 9.80 Å². The number of nitrogens with zero attached hydrogens (tertiary/aromatic N) is 2. The fourth-order valence-corrected chi connectivity index (χ4v) is 3.84. The number of aryl methyl sites for hydroxylation is 1. The topological polar surface area (TPSA) is 130 Å². The van der Waals surface area contributed by atoms with E-state index in [1.54, 1.807) is 18.2 Å². The lowest BCUT2D eigenvalue weighted by Crippen LogP contribution is -2.31. The summed E-state index contributed by atoms with van der Waals surface area (Å²) in [5, 5.41) is 2.51. The average molecular weight is 463 g/mol. The molecule has 0 saturated heterocycles. The van der Waals surface area contributed by atoms with E-state index in [9.17, 15) is 28.8 Å². The summed E-state index contributed by atoms with van der Waals surface area (Å²) in [6.45, 7) is 1.34. The number of fused-ring (bicyclic) bond motifs is 2. The zero-order valence-electron chi connectivity index (χ0n) is 18.5. The lowest BCUT2D eigenvalue weighted by Gasteiger charge is -2.13. The second-order valence-corrected chi connectivity index (χ2v) is 8.05. The van der Waals surface area contributed by atoms with Crippen LogP contribution in [-0.4, -0.2) is 65.5 Å². The zero-order valence-corrected chi connectivity index (χ0v) is 18.5. The van der Waals surface area contributed by atoms with E-state index >= 15 is 0 Å². The van der Waals surface area contributed by atoms with E-state index < -0.39 is 42.1 Å². The van der Waals surface area contributed by atoms with Crippen LogP contribution in [-0.2, 0) is 14.3 Å². The molecule has 10 nitrogen and oxygen atoms in total. The summed E-state index contributed by atoms with van der Waals surface area (Å²) in [4.78, 5) is 75.0. The molecule has 2 aliphatic heterocycles. The zero-order chi connectivity index (χ0) is 24.6. The van der Waals surface area contributed by atoms with Gasteiger partial charge in [0, 0.05) is 25.7 Å². The predicted octanol–water partition coefficient (Wildman–Crippen LogP) is 1.78. The first-order valence-corrected chi connectivity index (χ1v) is 10.6. The number of esters is 1. The first-order chi connectivity index (χ1) is 16.2. The van der Waals surface area contributed by atoms with Crippen LogP contribution in [0.3, 0.4) is 0 Å².